The van der Waals surface area contributed by atoms with Gasteiger partial charge in [-0.25, -0.2) is 4.39 Å². The molecule has 0 radical (unpaired) electrons. The van der Waals surface area contributed by atoms with Crippen molar-refractivity contribution in [3.8, 4) is 0 Å². The molecule has 0 aromatic heterocycles. The van der Waals surface area contributed by atoms with Crippen molar-refractivity contribution < 1.29 is 19.3 Å². The molecule has 1 aliphatic heterocycles. The Bertz CT molecular complexity index is 388. The summed E-state index contributed by atoms with van der Waals surface area (Å²) < 4.78 is 19.7. The molecule has 1 aromatic rings. The van der Waals surface area contributed by atoms with E-state index in [2.05, 4.69) is 5.32 Å². The van der Waals surface area contributed by atoms with Gasteiger partial charge in [-0.1, -0.05) is 30.3 Å². The van der Waals surface area contributed by atoms with Crippen LogP contribution in [0.3, 0.4) is 0 Å². The summed E-state index contributed by atoms with van der Waals surface area (Å²) in [7, 11) is 0. The predicted molar refractivity (Wildman–Crippen MR) is 69.4 cm³/mol. The van der Waals surface area contributed by atoms with Gasteiger partial charge in [0.25, 0.3) is 0 Å². The van der Waals surface area contributed by atoms with Crippen LogP contribution in [0.15, 0.2) is 30.3 Å². The van der Waals surface area contributed by atoms with Crippen molar-refractivity contribution in [2.45, 2.75) is 44.0 Å². The highest BCUT2D eigenvalue weighted by Crippen LogP contribution is 2.24. The second kappa shape index (κ2) is 6.43. The van der Waals surface area contributed by atoms with Crippen LogP contribution in [0, 0.1) is 0 Å². The van der Waals surface area contributed by atoms with Gasteiger partial charge >= 0.3 is 0 Å². The van der Waals surface area contributed by atoms with Crippen molar-refractivity contribution in [3.05, 3.63) is 35.9 Å². The minimum absolute atomic E-state index is 0.287. The van der Waals surface area contributed by atoms with Crippen molar-refractivity contribution in [3.63, 3.8) is 0 Å². The SMILES string of the molecule is C[C@@H](O)[C@@H]1N[C@@H](CO)[C@H](F)[C@H]1OCc1ccccc1. The molecule has 19 heavy (non-hydrogen) atoms. The molecule has 1 fully saturated rings. The van der Waals surface area contributed by atoms with E-state index in [-0.39, 0.29) is 13.2 Å². The average Bonchev–Trinajstić information content (AvgIpc) is 2.74. The lowest BCUT2D eigenvalue weighted by atomic mass is 10.1. The number of benzene rings is 1. The second-order valence-electron chi connectivity index (χ2n) is 4.93. The van der Waals surface area contributed by atoms with Gasteiger partial charge in [0.05, 0.1) is 31.4 Å². The van der Waals surface area contributed by atoms with Gasteiger partial charge in [0.1, 0.15) is 12.3 Å². The number of alkyl halides is 1. The van der Waals surface area contributed by atoms with Crippen LogP contribution in [-0.4, -0.2) is 47.3 Å². The maximum absolute atomic E-state index is 14.1. The zero-order valence-electron chi connectivity index (χ0n) is 10.9. The first kappa shape index (κ1) is 14.4. The standard InChI is InChI=1S/C14H20FNO3/c1-9(18)13-14(12(15)11(7-17)16-13)19-8-10-5-3-2-4-6-10/h2-6,9,11-14,16-18H,7-8H2,1H3/t9-,11+,12+,13+,14-/m1/s1. The van der Waals surface area contributed by atoms with Crippen LogP contribution < -0.4 is 5.32 Å². The lowest BCUT2D eigenvalue weighted by Gasteiger charge is -2.23. The van der Waals surface area contributed by atoms with E-state index in [1.807, 2.05) is 30.3 Å². The third kappa shape index (κ3) is 3.30. The number of hydrogen-bond donors (Lipinski definition) is 3. The average molecular weight is 269 g/mol. The molecule has 1 aromatic carbocycles. The van der Waals surface area contributed by atoms with Gasteiger partial charge in [-0.15, -0.1) is 0 Å². The van der Waals surface area contributed by atoms with Crippen LogP contribution in [0.1, 0.15) is 12.5 Å². The molecule has 5 atom stereocenters. The smallest absolute Gasteiger partial charge is 0.145 e. The molecule has 2 rings (SSSR count). The first-order chi connectivity index (χ1) is 9.13. The molecule has 4 nitrogen and oxygen atoms in total. The number of nitrogens with one attached hydrogen (secondary N) is 1. The number of ether oxygens (including phenoxy) is 1. The Balaban J connectivity index is 2.00. The van der Waals surface area contributed by atoms with E-state index in [0.717, 1.165) is 5.56 Å². The van der Waals surface area contributed by atoms with Gasteiger partial charge in [-0.3, -0.25) is 0 Å². The highest BCUT2D eigenvalue weighted by molar-refractivity contribution is 5.13. The van der Waals surface area contributed by atoms with E-state index < -0.39 is 30.5 Å². The largest absolute Gasteiger partial charge is 0.395 e. The number of aliphatic hydroxyl groups excluding tert-OH is 2. The molecule has 1 heterocycles. The molecule has 0 spiro atoms. The third-order valence-corrected chi connectivity index (χ3v) is 3.46. The van der Waals surface area contributed by atoms with Crippen molar-refractivity contribution in [1.29, 1.82) is 0 Å². The monoisotopic (exact) mass is 269 g/mol. The fourth-order valence-corrected chi connectivity index (χ4v) is 2.39. The number of hydrogen-bond acceptors (Lipinski definition) is 4. The molecule has 0 aliphatic carbocycles. The molecular weight excluding hydrogens is 249 g/mol. The van der Waals surface area contributed by atoms with E-state index in [0.29, 0.717) is 0 Å². The zero-order valence-corrected chi connectivity index (χ0v) is 10.9. The maximum Gasteiger partial charge on any atom is 0.145 e. The molecule has 1 saturated heterocycles. The van der Waals surface area contributed by atoms with E-state index in [1.54, 1.807) is 6.92 Å². The maximum atomic E-state index is 14.1. The van der Waals surface area contributed by atoms with E-state index >= 15 is 0 Å². The van der Waals surface area contributed by atoms with Gasteiger partial charge in [-0.05, 0) is 12.5 Å². The van der Waals surface area contributed by atoms with Crippen molar-refractivity contribution in [2.24, 2.45) is 0 Å². The molecule has 0 saturated carbocycles. The predicted octanol–water partition coefficient (Wildman–Crippen LogP) is 0.623. The Morgan fingerprint density at radius 1 is 1.37 bits per heavy atom. The lowest BCUT2D eigenvalue weighted by molar-refractivity contribution is -0.0317. The van der Waals surface area contributed by atoms with Crippen molar-refractivity contribution in [2.75, 3.05) is 6.61 Å². The van der Waals surface area contributed by atoms with Gasteiger partial charge in [0.15, 0.2) is 0 Å². The first-order valence-corrected chi connectivity index (χ1v) is 6.48. The molecule has 0 amide bonds. The Kier molecular flexibility index (Phi) is 4.87. The van der Waals surface area contributed by atoms with E-state index in [4.69, 9.17) is 9.84 Å². The lowest BCUT2D eigenvalue weighted by Crippen LogP contribution is -2.43. The normalized spacial score (nSPS) is 32.4. The van der Waals surface area contributed by atoms with Crippen LogP contribution in [-0.2, 0) is 11.3 Å². The second-order valence-corrected chi connectivity index (χ2v) is 4.93. The summed E-state index contributed by atoms with van der Waals surface area (Å²) in [6, 6.07) is 8.30. The summed E-state index contributed by atoms with van der Waals surface area (Å²) in [5.74, 6) is 0. The number of halogens is 1. The Morgan fingerprint density at radius 2 is 2.05 bits per heavy atom. The quantitative estimate of drug-likeness (QED) is 0.733. The van der Waals surface area contributed by atoms with Crippen LogP contribution in [0.2, 0.25) is 0 Å². The molecular formula is C14H20FNO3. The molecule has 106 valence electrons. The summed E-state index contributed by atoms with van der Waals surface area (Å²) in [4.78, 5) is 0. The van der Waals surface area contributed by atoms with Crippen molar-refractivity contribution >= 4 is 0 Å². The molecule has 3 N–H and O–H groups in total. The Labute approximate surface area is 112 Å². The molecule has 1 aliphatic rings. The zero-order chi connectivity index (χ0) is 13.8. The van der Waals surface area contributed by atoms with Crippen LogP contribution in [0.5, 0.6) is 0 Å². The Morgan fingerprint density at radius 3 is 2.63 bits per heavy atom. The van der Waals surface area contributed by atoms with Gasteiger partial charge in [0, 0.05) is 0 Å². The molecule has 5 heteroatoms. The van der Waals surface area contributed by atoms with Crippen LogP contribution in [0.4, 0.5) is 4.39 Å². The van der Waals surface area contributed by atoms with E-state index in [1.165, 1.54) is 0 Å². The van der Waals surface area contributed by atoms with Gasteiger partial charge in [-0.2, -0.15) is 0 Å². The minimum Gasteiger partial charge on any atom is -0.395 e. The molecule has 0 bridgehead atoms. The third-order valence-electron chi connectivity index (χ3n) is 3.46. The van der Waals surface area contributed by atoms with Crippen molar-refractivity contribution in [1.82, 2.24) is 5.32 Å². The van der Waals surface area contributed by atoms with Gasteiger partial charge in [0.2, 0.25) is 0 Å². The topological polar surface area (TPSA) is 61.7 Å². The van der Waals surface area contributed by atoms with Crippen LogP contribution >= 0.6 is 0 Å². The summed E-state index contributed by atoms with van der Waals surface area (Å²) in [6.07, 6.45) is -2.82. The first-order valence-electron chi connectivity index (χ1n) is 6.48. The highest BCUT2D eigenvalue weighted by Gasteiger charge is 2.45. The number of aliphatic hydroxyl groups is 2. The Hall–Kier alpha value is -1.01. The van der Waals surface area contributed by atoms with Crippen LogP contribution in [0.25, 0.3) is 0 Å². The summed E-state index contributed by atoms with van der Waals surface area (Å²) in [6.45, 7) is 1.56. The minimum atomic E-state index is -1.33. The van der Waals surface area contributed by atoms with E-state index in [9.17, 15) is 9.50 Å². The summed E-state index contributed by atoms with van der Waals surface area (Å²) in [5, 5.41) is 21.6. The molecule has 0 unspecified atom stereocenters. The fraction of sp³-hybridized carbons (Fsp3) is 0.571. The highest BCUT2D eigenvalue weighted by atomic mass is 19.1. The summed E-state index contributed by atoms with van der Waals surface area (Å²) in [5.41, 5.74) is 0.950. The number of rotatable bonds is 5. The fourth-order valence-electron chi connectivity index (χ4n) is 2.39. The summed E-state index contributed by atoms with van der Waals surface area (Å²) >= 11 is 0. The van der Waals surface area contributed by atoms with Gasteiger partial charge < -0.3 is 20.3 Å².